The zero-order chi connectivity index (χ0) is 9.97. The van der Waals surface area contributed by atoms with Crippen LogP contribution in [0.4, 0.5) is 0 Å². The van der Waals surface area contributed by atoms with Crippen LogP contribution < -0.4 is 0 Å². The molecule has 0 aliphatic rings. The van der Waals surface area contributed by atoms with Gasteiger partial charge in [0.1, 0.15) is 6.07 Å². The second-order valence-electron chi connectivity index (χ2n) is 3.08. The van der Waals surface area contributed by atoms with Crippen molar-refractivity contribution in [2.45, 2.75) is 6.10 Å². The second-order valence-corrected chi connectivity index (χ2v) is 3.08. The van der Waals surface area contributed by atoms with E-state index in [1.54, 1.807) is 18.2 Å². The van der Waals surface area contributed by atoms with Crippen molar-refractivity contribution in [2.75, 3.05) is 0 Å². The standard InChI is InChI=1S/C12H8NO/c13-8-12(14)11-7-3-5-9-4-1-2-6-10(9)11/h1-7,12H. The van der Waals surface area contributed by atoms with Crippen molar-refractivity contribution in [1.82, 2.24) is 0 Å². The van der Waals surface area contributed by atoms with E-state index in [9.17, 15) is 5.11 Å². The van der Waals surface area contributed by atoms with Gasteiger partial charge < -0.3 is 0 Å². The third kappa shape index (κ3) is 1.34. The lowest BCUT2D eigenvalue weighted by Gasteiger charge is -2.04. The summed E-state index contributed by atoms with van der Waals surface area (Å²) in [7, 11) is 0. The van der Waals surface area contributed by atoms with Gasteiger partial charge in [-0.2, -0.15) is 5.26 Å². The zero-order valence-electron chi connectivity index (χ0n) is 7.47. The lowest BCUT2D eigenvalue weighted by Crippen LogP contribution is -1.92. The summed E-state index contributed by atoms with van der Waals surface area (Å²) < 4.78 is 0. The monoisotopic (exact) mass is 182 g/mol. The van der Waals surface area contributed by atoms with Gasteiger partial charge in [-0.3, -0.25) is 0 Å². The molecular weight excluding hydrogens is 174 g/mol. The van der Waals surface area contributed by atoms with Gasteiger partial charge in [-0.25, -0.2) is 5.11 Å². The van der Waals surface area contributed by atoms with E-state index in [-0.39, 0.29) is 0 Å². The molecule has 2 rings (SSSR count). The Morgan fingerprint density at radius 3 is 2.57 bits per heavy atom. The number of fused-ring (bicyclic) bond motifs is 1. The zero-order valence-corrected chi connectivity index (χ0v) is 7.47. The Balaban J connectivity index is 2.72. The largest absolute Gasteiger partial charge is 0.211 e. The Hall–Kier alpha value is -1.85. The maximum Gasteiger partial charge on any atom is 0.204 e. The predicted molar refractivity (Wildman–Crippen MR) is 53.0 cm³/mol. The first-order valence-corrected chi connectivity index (χ1v) is 4.36. The molecule has 2 nitrogen and oxygen atoms in total. The lowest BCUT2D eigenvalue weighted by atomic mass is 10.0. The molecule has 1 unspecified atom stereocenters. The summed E-state index contributed by atoms with van der Waals surface area (Å²) in [4.78, 5) is 0. The highest BCUT2D eigenvalue weighted by molar-refractivity contribution is 5.86. The topological polar surface area (TPSA) is 43.7 Å². The van der Waals surface area contributed by atoms with Crippen LogP contribution in [0.5, 0.6) is 0 Å². The van der Waals surface area contributed by atoms with E-state index in [0.29, 0.717) is 5.56 Å². The van der Waals surface area contributed by atoms with Crippen molar-refractivity contribution in [2.24, 2.45) is 0 Å². The van der Waals surface area contributed by atoms with Crippen LogP contribution in [-0.2, 0) is 5.11 Å². The molecule has 0 saturated heterocycles. The molecule has 0 fully saturated rings. The van der Waals surface area contributed by atoms with Gasteiger partial charge in [0, 0.05) is 5.56 Å². The van der Waals surface area contributed by atoms with E-state index in [1.165, 1.54) is 0 Å². The fourth-order valence-corrected chi connectivity index (χ4v) is 1.55. The quantitative estimate of drug-likeness (QED) is 0.668. The van der Waals surface area contributed by atoms with Gasteiger partial charge in [-0.15, -0.1) is 0 Å². The molecule has 0 bridgehead atoms. The summed E-state index contributed by atoms with van der Waals surface area (Å²) in [5.74, 6) is 0. The average molecular weight is 182 g/mol. The highest BCUT2D eigenvalue weighted by Gasteiger charge is 2.10. The molecule has 0 N–H and O–H groups in total. The van der Waals surface area contributed by atoms with Crippen molar-refractivity contribution in [3.05, 3.63) is 48.0 Å². The summed E-state index contributed by atoms with van der Waals surface area (Å²) in [5, 5.41) is 21.8. The number of hydrogen-bond acceptors (Lipinski definition) is 1. The Kier molecular flexibility index (Phi) is 2.18. The third-order valence-electron chi connectivity index (χ3n) is 2.22. The molecule has 14 heavy (non-hydrogen) atoms. The summed E-state index contributed by atoms with van der Waals surface area (Å²) >= 11 is 0. The average Bonchev–Trinajstić information content (AvgIpc) is 2.27. The SMILES string of the molecule is N#CC([O])c1cccc2ccccc12. The summed E-state index contributed by atoms with van der Waals surface area (Å²) in [6, 6.07) is 14.8. The molecule has 2 aromatic carbocycles. The fourth-order valence-electron chi connectivity index (χ4n) is 1.55. The molecule has 0 spiro atoms. The Bertz CT molecular complexity index is 494. The Morgan fingerprint density at radius 1 is 1.07 bits per heavy atom. The van der Waals surface area contributed by atoms with Gasteiger partial charge in [0.05, 0.1) is 0 Å². The minimum Gasteiger partial charge on any atom is -0.211 e. The number of rotatable bonds is 1. The first-order valence-electron chi connectivity index (χ1n) is 4.36. The maximum atomic E-state index is 11.3. The normalized spacial score (nSPS) is 12.3. The van der Waals surface area contributed by atoms with Gasteiger partial charge in [0.15, 0.2) is 0 Å². The summed E-state index contributed by atoms with van der Waals surface area (Å²) in [6.07, 6.45) is -1.29. The molecule has 0 aliphatic carbocycles. The lowest BCUT2D eigenvalue weighted by molar-refractivity contribution is 0.139. The van der Waals surface area contributed by atoms with Crippen molar-refractivity contribution in [1.29, 1.82) is 5.26 Å². The van der Waals surface area contributed by atoms with Crippen LogP contribution in [0.3, 0.4) is 0 Å². The molecular formula is C12H8NO. The summed E-state index contributed by atoms with van der Waals surface area (Å²) in [5.41, 5.74) is 0.561. The number of nitrogens with zero attached hydrogens (tertiary/aromatic N) is 1. The van der Waals surface area contributed by atoms with E-state index in [2.05, 4.69) is 0 Å². The first-order chi connectivity index (χ1) is 6.83. The molecule has 67 valence electrons. The number of benzene rings is 2. The van der Waals surface area contributed by atoms with Gasteiger partial charge >= 0.3 is 0 Å². The molecule has 0 heterocycles. The molecule has 0 amide bonds. The molecule has 1 atom stereocenters. The number of hydrogen-bond donors (Lipinski definition) is 0. The van der Waals surface area contributed by atoms with Gasteiger partial charge in [-0.05, 0) is 10.8 Å². The third-order valence-corrected chi connectivity index (χ3v) is 2.22. The van der Waals surface area contributed by atoms with Gasteiger partial charge in [-0.1, -0.05) is 42.5 Å². The van der Waals surface area contributed by atoms with Gasteiger partial charge in [0.25, 0.3) is 0 Å². The minimum absolute atomic E-state index is 0.561. The second kappa shape index (κ2) is 3.49. The van der Waals surface area contributed by atoms with E-state index in [4.69, 9.17) is 5.26 Å². The molecule has 1 radical (unpaired) electrons. The van der Waals surface area contributed by atoms with Crippen LogP contribution in [0.2, 0.25) is 0 Å². The molecule has 2 aromatic rings. The Morgan fingerprint density at radius 2 is 1.79 bits per heavy atom. The van der Waals surface area contributed by atoms with Crippen LogP contribution in [0.25, 0.3) is 10.8 Å². The van der Waals surface area contributed by atoms with Crippen molar-refractivity contribution in [3.63, 3.8) is 0 Å². The van der Waals surface area contributed by atoms with Crippen molar-refractivity contribution < 1.29 is 5.11 Å². The summed E-state index contributed by atoms with van der Waals surface area (Å²) in [6.45, 7) is 0. The molecule has 2 heteroatoms. The molecule has 0 saturated carbocycles. The van der Waals surface area contributed by atoms with Crippen molar-refractivity contribution in [3.8, 4) is 6.07 Å². The van der Waals surface area contributed by atoms with Crippen LogP contribution in [-0.4, -0.2) is 0 Å². The van der Waals surface area contributed by atoms with E-state index in [1.807, 2.05) is 30.3 Å². The van der Waals surface area contributed by atoms with Crippen LogP contribution in [0.1, 0.15) is 11.7 Å². The molecule has 0 aliphatic heterocycles. The fraction of sp³-hybridized carbons (Fsp3) is 0.0833. The van der Waals surface area contributed by atoms with E-state index < -0.39 is 6.10 Å². The molecule has 0 aromatic heterocycles. The van der Waals surface area contributed by atoms with Crippen LogP contribution >= 0.6 is 0 Å². The predicted octanol–water partition coefficient (Wildman–Crippen LogP) is 2.83. The van der Waals surface area contributed by atoms with E-state index >= 15 is 0 Å². The van der Waals surface area contributed by atoms with Crippen LogP contribution in [0, 0.1) is 11.3 Å². The minimum atomic E-state index is -1.29. The van der Waals surface area contributed by atoms with Crippen LogP contribution in [0.15, 0.2) is 42.5 Å². The first kappa shape index (κ1) is 8.74. The van der Waals surface area contributed by atoms with E-state index in [0.717, 1.165) is 10.8 Å². The van der Waals surface area contributed by atoms with Crippen molar-refractivity contribution >= 4 is 10.8 Å². The maximum absolute atomic E-state index is 11.3. The smallest absolute Gasteiger partial charge is 0.204 e. The Labute approximate surface area is 82.0 Å². The highest BCUT2D eigenvalue weighted by Crippen LogP contribution is 2.23. The number of nitriles is 1. The highest BCUT2D eigenvalue weighted by atomic mass is 16.3. The van der Waals surface area contributed by atoms with Gasteiger partial charge in [0.2, 0.25) is 6.10 Å².